The monoisotopic (exact) mass is 218 g/mol. The van der Waals surface area contributed by atoms with Crippen molar-refractivity contribution in [3.8, 4) is 0 Å². The van der Waals surface area contributed by atoms with Crippen molar-refractivity contribution in [3.05, 3.63) is 29.0 Å². The van der Waals surface area contributed by atoms with Crippen LogP contribution in [0.1, 0.15) is 28.5 Å². The van der Waals surface area contributed by atoms with Crippen molar-refractivity contribution in [3.63, 3.8) is 0 Å². The molecule has 1 aromatic heterocycles. The molecule has 2 rings (SSSR count). The Hall–Kier alpha value is -1.97. The zero-order valence-electron chi connectivity index (χ0n) is 9.29. The zero-order chi connectivity index (χ0) is 11.9. The highest BCUT2D eigenvalue weighted by Gasteiger charge is 2.14. The highest BCUT2D eigenvalue weighted by Crippen LogP contribution is 2.26. The summed E-state index contributed by atoms with van der Waals surface area (Å²) in [5.74, 6) is -0.940. The zero-order valence-corrected chi connectivity index (χ0v) is 9.29. The summed E-state index contributed by atoms with van der Waals surface area (Å²) in [6.45, 7) is 3.80. The molecule has 16 heavy (non-hydrogen) atoms. The lowest BCUT2D eigenvalue weighted by Gasteiger charge is -2.02. The van der Waals surface area contributed by atoms with Crippen LogP contribution < -0.4 is 5.73 Å². The molecule has 2 aromatic rings. The second-order valence-electron chi connectivity index (χ2n) is 3.88. The molecule has 84 valence electrons. The maximum absolute atomic E-state index is 11.0. The van der Waals surface area contributed by atoms with Gasteiger partial charge in [0.15, 0.2) is 0 Å². The number of nitrogens with one attached hydrogen (secondary N) is 1. The van der Waals surface area contributed by atoms with Crippen molar-refractivity contribution in [2.24, 2.45) is 0 Å². The first-order valence-electron chi connectivity index (χ1n) is 5.18. The first kappa shape index (κ1) is 10.5. The average Bonchev–Trinajstić information content (AvgIpc) is 2.55. The van der Waals surface area contributed by atoms with E-state index in [2.05, 4.69) is 4.98 Å². The highest BCUT2D eigenvalue weighted by molar-refractivity contribution is 5.98. The van der Waals surface area contributed by atoms with E-state index in [1.54, 1.807) is 6.92 Å². The normalized spacial score (nSPS) is 10.9. The maximum Gasteiger partial charge on any atom is 0.352 e. The van der Waals surface area contributed by atoms with Gasteiger partial charge in [-0.2, -0.15) is 0 Å². The molecule has 0 saturated carbocycles. The predicted octanol–water partition coefficient (Wildman–Crippen LogP) is 2.32. The molecular formula is C12H14N2O2. The molecule has 1 heterocycles. The summed E-state index contributed by atoms with van der Waals surface area (Å²) in [4.78, 5) is 13.9. The van der Waals surface area contributed by atoms with Gasteiger partial charge >= 0.3 is 5.97 Å². The van der Waals surface area contributed by atoms with Crippen LogP contribution in [0.2, 0.25) is 0 Å². The number of nitrogens with two attached hydrogens (primary N) is 1. The molecule has 0 amide bonds. The lowest BCUT2D eigenvalue weighted by molar-refractivity contribution is 0.0691. The number of nitrogen functional groups attached to an aromatic ring is 1. The summed E-state index contributed by atoms with van der Waals surface area (Å²) in [5.41, 5.74) is 9.45. The number of aromatic amines is 1. The Morgan fingerprint density at radius 3 is 2.75 bits per heavy atom. The molecule has 0 aliphatic rings. The third kappa shape index (κ3) is 1.43. The van der Waals surface area contributed by atoms with Gasteiger partial charge in [-0.3, -0.25) is 0 Å². The van der Waals surface area contributed by atoms with Crippen molar-refractivity contribution in [2.75, 3.05) is 5.73 Å². The highest BCUT2D eigenvalue weighted by atomic mass is 16.4. The molecule has 4 nitrogen and oxygen atoms in total. The number of fused-ring (bicyclic) bond motifs is 1. The molecule has 4 N–H and O–H groups in total. The average molecular weight is 218 g/mol. The Morgan fingerprint density at radius 1 is 1.50 bits per heavy atom. The van der Waals surface area contributed by atoms with Gasteiger partial charge in [0.2, 0.25) is 0 Å². The van der Waals surface area contributed by atoms with E-state index >= 15 is 0 Å². The van der Waals surface area contributed by atoms with Gasteiger partial charge in [-0.15, -0.1) is 0 Å². The maximum atomic E-state index is 11.0. The molecule has 0 bridgehead atoms. The number of hydrogen-bond donors (Lipinski definition) is 3. The summed E-state index contributed by atoms with van der Waals surface area (Å²) in [5, 5.41) is 9.88. The molecule has 0 fully saturated rings. The minimum absolute atomic E-state index is 0.239. The van der Waals surface area contributed by atoms with Crippen LogP contribution in [0.4, 0.5) is 5.69 Å². The minimum atomic E-state index is -0.940. The number of H-pyrrole nitrogens is 1. The van der Waals surface area contributed by atoms with E-state index in [1.807, 2.05) is 19.1 Å². The number of hydrogen-bond acceptors (Lipinski definition) is 2. The summed E-state index contributed by atoms with van der Waals surface area (Å²) < 4.78 is 0. The third-order valence-corrected chi connectivity index (χ3v) is 2.91. The molecule has 0 saturated heterocycles. The van der Waals surface area contributed by atoms with E-state index < -0.39 is 5.97 Å². The molecule has 0 unspecified atom stereocenters. The number of aromatic carboxylic acids is 1. The number of aromatic nitrogens is 1. The molecule has 0 radical (unpaired) electrons. The smallest absolute Gasteiger partial charge is 0.352 e. The van der Waals surface area contributed by atoms with Gasteiger partial charge in [0, 0.05) is 16.6 Å². The molecule has 0 spiro atoms. The Labute approximate surface area is 93.1 Å². The van der Waals surface area contributed by atoms with Crippen LogP contribution in [-0.4, -0.2) is 16.1 Å². The van der Waals surface area contributed by atoms with Crippen LogP contribution in [-0.2, 0) is 6.42 Å². The number of anilines is 1. The SMILES string of the molecule is CCc1cc2[nH]c(C(=O)O)c(C)c2cc1N. The molecular weight excluding hydrogens is 204 g/mol. The molecule has 0 aliphatic carbocycles. The number of carboxylic acids is 1. The van der Waals surface area contributed by atoms with Crippen molar-refractivity contribution >= 4 is 22.6 Å². The van der Waals surface area contributed by atoms with E-state index in [9.17, 15) is 4.79 Å². The standard InChI is InChI=1S/C12H14N2O2/c1-3-7-4-10-8(5-9(7)13)6(2)11(14-10)12(15)16/h4-5,14H,3,13H2,1-2H3,(H,15,16). The number of carbonyl (C=O) groups is 1. The van der Waals surface area contributed by atoms with Gasteiger partial charge in [0.05, 0.1) is 0 Å². The fourth-order valence-corrected chi connectivity index (χ4v) is 1.96. The van der Waals surface area contributed by atoms with Crippen molar-refractivity contribution < 1.29 is 9.90 Å². The van der Waals surface area contributed by atoms with Crippen LogP contribution in [0.3, 0.4) is 0 Å². The molecule has 1 aromatic carbocycles. The van der Waals surface area contributed by atoms with Gasteiger partial charge in [0.1, 0.15) is 5.69 Å². The first-order valence-corrected chi connectivity index (χ1v) is 5.18. The molecule has 0 atom stereocenters. The lowest BCUT2D eigenvalue weighted by atomic mass is 10.1. The molecule has 0 aliphatic heterocycles. The Bertz CT molecular complexity index is 570. The van der Waals surface area contributed by atoms with Crippen LogP contribution >= 0.6 is 0 Å². The third-order valence-electron chi connectivity index (χ3n) is 2.91. The second-order valence-corrected chi connectivity index (χ2v) is 3.88. The fraction of sp³-hybridized carbons (Fsp3) is 0.250. The van der Waals surface area contributed by atoms with E-state index in [1.165, 1.54) is 0 Å². The predicted molar refractivity (Wildman–Crippen MR) is 63.8 cm³/mol. The van der Waals surface area contributed by atoms with E-state index in [4.69, 9.17) is 10.8 Å². The van der Waals surface area contributed by atoms with E-state index in [0.29, 0.717) is 5.69 Å². The number of carboxylic acid groups (broad SMARTS) is 1. The van der Waals surface area contributed by atoms with Gasteiger partial charge in [-0.05, 0) is 36.6 Å². The Morgan fingerprint density at radius 2 is 2.19 bits per heavy atom. The van der Waals surface area contributed by atoms with Gasteiger partial charge < -0.3 is 15.8 Å². The largest absolute Gasteiger partial charge is 0.477 e. The van der Waals surface area contributed by atoms with Crippen molar-refractivity contribution in [1.29, 1.82) is 0 Å². The summed E-state index contributed by atoms with van der Waals surface area (Å²) >= 11 is 0. The topological polar surface area (TPSA) is 79.1 Å². The van der Waals surface area contributed by atoms with E-state index in [-0.39, 0.29) is 5.69 Å². The minimum Gasteiger partial charge on any atom is -0.477 e. The van der Waals surface area contributed by atoms with Crippen molar-refractivity contribution in [1.82, 2.24) is 4.98 Å². The van der Waals surface area contributed by atoms with Crippen LogP contribution in [0.15, 0.2) is 12.1 Å². The van der Waals surface area contributed by atoms with Gasteiger partial charge in [-0.25, -0.2) is 4.79 Å². The van der Waals surface area contributed by atoms with Crippen molar-refractivity contribution in [2.45, 2.75) is 20.3 Å². The second kappa shape index (κ2) is 3.56. The number of rotatable bonds is 2. The van der Waals surface area contributed by atoms with Crippen LogP contribution in [0.5, 0.6) is 0 Å². The van der Waals surface area contributed by atoms with E-state index in [0.717, 1.165) is 28.5 Å². The summed E-state index contributed by atoms with van der Waals surface area (Å²) in [6.07, 6.45) is 0.836. The van der Waals surface area contributed by atoms with Gasteiger partial charge in [-0.1, -0.05) is 6.92 Å². The lowest BCUT2D eigenvalue weighted by Crippen LogP contribution is -1.97. The first-order chi connectivity index (χ1) is 7.54. The fourth-order valence-electron chi connectivity index (χ4n) is 1.96. The van der Waals surface area contributed by atoms with Gasteiger partial charge in [0.25, 0.3) is 0 Å². The van der Waals surface area contributed by atoms with Crippen LogP contribution in [0.25, 0.3) is 10.9 Å². The Balaban J connectivity index is 2.77. The molecule has 4 heteroatoms. The van der Waals surface area contributed by atoms with Crippen LogP contribution in [0, 0.1) is 6.92 Å². The summed E-state index contributed by atoms with van der Waals surface area (Å²) in [7, 11) is 0. The number of benzene rings is 1. The number of aryl methyl sites for hydroxylation is 2. The summed E-state index contributed by atoms with van der Waals surface area (Å²) in [6, 6.07) is 3.76. The quantitative estimate of drug-likeness (QED) is 0.677. The Kier molecular flexibility index (Phi) is 2.34.